The Kier molecular flexibility index (Phi) is 7.13. The monoisotopic (exact) mass is 216 g/mol. The number of carbonyl (C=O) groups is 1. The molecule has 0 atom stereocenters. The van der Waals surface area contributed by atoms with E-state index in [0.29, 0.717) is 18.5 Å². The summed E-state index contributed by atoms with van der Waals surface area (Å²) in [5, 5.41) is 13.8. The number of carbonyl (C=O) groups excluding carboxylic acids is 1. The predicted octanol–water partition coefficient (Wildman–Crippen LogP) is 1.49. The van der Waals surface area contributed by atoms with Crippen LogP contribution in [0.4, 0.5) is 4.79 Å². The van der Waals surface area contributed by atoms with Gasteiger partial charge in [-0.3, -0.25) is 0 Å². The average molecular weight is 216 g/mol. The van der Waals surface area contributed by atoms with Gasteiger partial charge in [0.15, 0.2) is 0 Å². The van der Waals surface area contributed by atoms with Gasteiger partial charge >= 0.3 is 6.03 Å². The van der Waals surface area contributed by atoms with Crippen molar-refractivity contribution >= 4 is 6.03 Å². The van der Waals surface area contributed by atoms with Crippen molar-refractivity contribution in [3.05, 3.63) is 0 Å². The third-order valence-corrected chi connectivity index (χ3v) is 2.04. The van der Waals surface area contributed by atoms with E-state index in [1.54, 1.807) is 0 Å². The molecular formula is C11H24N2O2. The smallest absolute Gasteiger partial charge is 0.314 e. The number of amides is 2. The molecule has 0 spiro atoms. The maximum absolute atomic E-state index is 11.0. The van der Waals surface area contributed by atoms with E-state index in [2.05, 4.69) is 31.4 Å². The van der Waals surface area contributed by atoms with Gasteiger partial charge in [-0.1, -0.05) is 27.2 Å². The first-order valence-corrected chi connectivity index (χ1v) is 5.58. The van der Waals surface area contributed by atoms with E-state index in [-0.39, 0.29) is 12.6 Å². The number of aliphatic hydroxyl groups excluding tert-OH is 1. The minimum absolute atomic E-state index is 0.0164. The second-order valence-corrected chi connectivity index (χ2v) is 4.92. The van der Waals surface area contributed by atoms with Gasteiger partial charge in [0.1, 0.15) is 0 Å². The van der Waals surface area contributed by atoms with E-state index >= 15 is 0 Å². The fraction of sp³-hybridized carbons (Fsp3) is 0.909. The van der Waals surface area contributed by atoms with Gasteiger partial charge in [-0.25, -0.2) is 4.79 Å². The number of urea groups is 1. The molecule has 3 N–H and O–H groups in total. The van der Waals surface area contributed by atoms with Crippen LogP contribution in [0.15, 0.2) is 0 Å². The Morgan fingerprint density at radius 1 is 1.13 bits per heavy atom. The molecule has 0 heterocycles. The molecule has 2 amide bonds. The normalized spacial score (nSPS) is 11.2. The first kappa shape index (κ1) is 14.2. The average Bonchev–Trinajstić information content (AvgIpc) is 2.12. The van der Waals surface area contributed by atoms with E-state index in [4.69, 9.17) is 5.11 Å². The zero-order chi connectivity index (χ0) is 11.7. The topological polar surface area (TPSA) is 61.4 Å². The van der Waals surface area contributed by atoms with Crippen LogP contribution in [-0.4, -0.2) is 30.8 Å². The van der Waals surface area contributed by atoms with Gasteiger partial charge in [0.05, 0.1) is 6.61 Å². The quantitative estimate of drug-likeness (QED) is 0.589. The van der Waals surface area contributed by atoms with Crippen molar-refractivity contribution in [1.82, 2.24) is 10.6 Å². The molecule has 0 aromatic heterocycles. The zero-order valence-electron chi connectivity index (χ0n) is 10.1. The Balaban J connectivity index is 3.27. The fourth-order valence-corrected chi connectivity index (χ4v) is 1.21. The highest BCUT2D eigenvalue weighted by Crippen LogP contribution is 2.20. The number of nitrogens with one attached hydrogen (secondary N) is 2. The molecule has 0 fully saturated rings. The summed E-state index contributed by atoms with van der Waals surface area (Å²) in [6.07, 6.45) is 3.31. The molecule has 0 saturated carbocycles. The van der Waals surface area contributed by atoms with Crippen molar-refractivity contribution in [3.8, 4) is 0 Å². The number of hydrogen-bond donors (Lipinski definition) is 3. The summed E-state index contributed by atoms with van der Waals surface area (Å²) < 4.78 is 0. The minimum atomic E-state index is -0.195. The van der Waals surface area contributed by atoms with Crippen LogP contribution in [0.5, 0.6) is 0 Å². The van der Waals surface area contributed by atoms with Gasteiger partial charge in [0.2, 0.25) is 0 Å². The van der Waals surface area contributed by atoms with E-state index in [9.17, 15) is 4.79 Å². The second-order valence-electron chi connectivity index (χ2n) is 4.92. The molecule has 90 valence electrons. The number of unbranched alkanes of at least 4 members (excludes halogenated alkanes) is 1. The predicted molar refractivity (Wildman–Crippen MR) is 61.8 cm³/mol. The Morgan fingerprint density at radius 2 is 1.73 bits per heavy atom. The third-order valence-electron chi connectivity index (χ3n) is 2.04. The van der Waals surface area contributed by atoms with Gasteiger partial charge in [0, 0.05) is 13.1 Å². The third kappa shape index (κ3) is 11.2. The van der Waals surface area contributed by atoms with Gasteiger partial charge in [-0.05, 0) is 18.3 Å². The highest BCUT2D eigenvalue weighted by atomic mass is 16.3. The molecule has 0 bridgehead atoms. The lowest BCUT2D eigenvalue weighted by molar-refractivity contribution is 0.234. The standard InChI is InChI=1S/C11H24N2O2/c1-11(2,3)6-4-5-7-12-10(15)13-8-9-14/h14H,4-9H2,1-3H3,(H2,12,13,15). The molecule has 0 aliphatic heterocycles. The maximum Gasteiger partial charge on any atom is 0.314 e. The Bertz CT molecular complexity index is 176. The molecule has 15 heavy (non-hydrogen) atoms. The SMILES string of the molecule is CC(C)(C)CCCCNC(=O)NCCO. The van der Waals surface area contributed by atoms with E-state index in [0.717, 1.165) is 12.8 Å². The van der Waals surface area contributed by atoms with Crippen LogP contribution in [0.25, 0.3) is 0 Å². The van der Waals surface area contributed by atoms with Crippen LogP contribution in [0.1, 0.15) is 40.0 Å². The molecule has 0 aliphatic rings. The molecule has 0 unspecified atom stereocenters. The number of rotatable bonds is 6. The molecule has 0 aliphatic carbocycles. The van der Waals surface area contributed by atoms with Crippen molar-refractivity contribution in [2.45, 2.75) is 40.0 Å². The molecule has 0 radical (unpaired) electrons. The molecule has 0 aromatic rings. The second kappa shape index (κ2) is 7.51. The van der Waals surface area contributed by atoms with Crippen molar-refractivity contribution < 1.29 is 9.90 Å². The molecule has 4 heteroatoms. The van der Waals surface area contributed by atoms with E-state index in [1.165, 1.54) is 6.42 Å². The molecule has 0 aromatic carbocycles. The summed E-state index contributed by atoms with van der Waals surface area (Å²) >= 11 is 0. The van der Waals surface area contributed by atoms with Crippen molar-refractivity contribution in [2.24, 2.45) is 5.41 Å². The molecule has 0 saturated heterocycles. The molecular weight excluding hydrogens is 192 g/mol. The van der Waals surface area contributed by atoms with Gasteiger partial charge in [-0.15, -0.1) is 0 Å². The summed E-state index contributed by atoms with van der Waals surface area (Å²) in [5.41, 5.74) is 0.374. The van der Waals surface area contributed by atoms with Gasteiger partial charge < -0.3 is 15.7 Å². The van der Waals surface area contributed by atoms with E-state index < -0.39 is 0 Å². The van der Waals surface area contributed by atoms with Gasteiger partial charge in [-0.2, -0.15) is 0 Å². The van der Waals surface area contributed by atoms with Crippen molar-refractivity contribution in [1.29, 1.82) is 0 Å². The first-order chi connectivity index (χ1) is 6.95. The minimum Gasteiger partial charge on any atom is -0.395 e. The summed E-state index contributed by atoms with van der Waals surface area (Å²) in [6, 6.07) is -0.195. The largest absolute Gasteiger partial charge is 0.395 e. The molecule has 0 rings (SSSR count). The van der Waals surface area contributed by atoms with Crippen LogP contribution in [0.3, 0.4) is 0 Å². The Hall–Kier alpha value is -0.770. The van der Waals surface area contributed by atoms with Crippen LogP contribution in [-0.2, 0) is 0 Å². The van der Waals surface area contributed by atoms with Crippen molar-refractivity contribution in [3.63, 3.8) is 0 Å². The Labute approximate surface area is 92.4 Å². The lowest BCUT2D eigenvalue weighted by atomic mass is 9.90. The highest BCUT2D eigenvalue weighted by molar-refractivity contribution is 5.73. The maximum atomic E-state index is 11.0. The molecule has 4 nitrogen and oxygen atoms in total. The lowest BCUT2D eigenvalue weighted by Crippen LogP contribution is -2.37. The van der Waals surface area contributed by atoms with E-state index in [1.807, 2.05) is 0 Å². The summed E-state index contributed by atoms with van der Waals surface area (Å²) in [4.78, 5) is 11.0. The van der Waals surface area contributed by atoms with Gasteiger partial charge in [0.25, 0.3) is 0 Å². The van der Waals surface area contributed by atoms with Crippen LogP contribution < -0.4 is 10.6 Å². The Morgan fingerprint density at radius 3 is 2.27 bits per heavy atom. The number of hydrogen-bond acceptors (Lipinski definition) is 2. The number of aliphatic hydroxyl groups is 1. The summed E-state index contributed by atoms with van der Waals surface area (Å²) in [6.45, 7) is 7.65. The van der Waals surface area contributed by atoms with Crippen LogP contribution in [0, 0.1) is 5.41 Å². The van der Waals surface area contributed by atoms with Crippen LogP contribution >= 0.6 is 0 Å². The summed E-state index contributed by atoms with van der Waals surface area (Å²) in [5.74, 6) is 0. The summed E-state index contributed by atoms with van der Waals surface area (Å²) in [7, 11) is 0. The van der Waals surface area contributed by atoms with Crippen molar-refractivity contribution in [2.75, 3.05) is 19.7 Å². The first-order valence-electron chi connectivity index (χ1n) is 5.58. The fourth-order valence-electron chi connectivity index (χ4n) is 1.21. The zero-order valence-corrected chi connectivity index (χ0v) is 10.1. The van der Waals surface area contributed by atoms with Crippen LogP contribution in [0.2, 0.25) is 0 Å². The lowest BCUT2D eigenvalue weighted by Gasteiger charge is -2.17. The highest BCUT2D eigenvalue weighted by Gasteiger charge is 2.08.